The number of hydrogen-bond acceptors (Lipinski definition) is 4. The van der Waals surface area contributed by atoms with Gasteiger partial charge < -0.3 is 4.90 Å². The second-order valence-corrected chi connectivity index (χ2v) is 10.7. The molecule has 3 amide bonds. The molecule has 33 heavy (non-hydrogen) atoms. The Kier molecular flexibility index (Phi) is 6.41. The van der Waals surface area contributed by atoms with Gasteiger partial charge in [-0.2, -0.15) is 5.10 Å². The highest BCUT2D eigenvalue weighted by atomic mass is 16.2. The van der Waals surface area contributed by atoms with E-state index in [0.717, 1.165) is 29.5 Å². The summed E-state index contributed by atoms with van der Waals surface area (Å²) < 4.78 is 1.82. The van der Waals surface area contributed by atoms with Crippen molar-refractivity contribution in [2.45, 2.75) is 71.3 Å². The van der Waals surface area contributed by atoms with Crippen LogP contribution in [0.2, 0.25) is 0 Å². The monoisotopic (exact) mass is 451 g/mol. The zero-order valence-corrected chi connectivity index (χ0v) is 20.0. The lowest BCUT2D eigenvalue weighted by Gasteiger charge is -2.40. The molecule has 2 saturated heterocycles. The molecule has 0 aromatic carbocycles. The van der Waals surface area contributed by atoms with E-state index in [1.807, 2.05) is 10.7 Å². The minimum atomic E-state index is -0.361. The number of carbonyl (C=O) groups is 2. The fraction of sp³-hybridized carbons (Fsp3) is 0.654. The third-order valence-electron chi connectivity index (χ3n) is 8.19. The van der Waals surface area contributed by atoms with Crippen molar-refractivity contribution in [1.29, 1.82) is 0 Å². The molecule has 1 N–H and O–H groups in total. The average molecular weight is 452 g/mol. The van der Waals surface area contributed by atoms with E-state index in [4.69, 9.17) is 0 Å². The Balaban J connectivity index is 1.22. The minimum Gasteiger partial charge on any atom is -0.300 e. The van der Waals surface area contributed by atoms with Crippen molar-refractivity contribution in [2.24, 2.45) is 17.8 Å². The molecule has 4 heterocycles. The first-order valence-corrected chi connectivity index (χ1v) is 12.8. The highest BCUT2D eigenvalue weighted by molar-refractivity contribution is 6.07. The summed E-state index contributed by atoms with van der Waals surface area (Å²) in [6, 6.07) is 4.61. The molecule has 178 valence electrons. The van der Waals surface area contributed by atoms with E-state index in [0.29, 0.717) is 24.9 Å². The highest BCUT2D eigenvalue weighted by Crippen LogP contribution is 2.33. The Labute approximate surface area is 196 Å². The van der Waals surface area contributed by atoms with Gasteiger partial charge in [0, 0.05) is 31.7 Å². The fourth-order valence-corrected chi connectivity index (χ4v) is 6.09. The minimum absolute atomic E-state index is 0.216. The van der Waals surface area contributed by atoms with Gasteiger partial charge in [-0.3, -0.25) is 15.0 Å². The van der Waals surface area contributed by atoms with Crippen molar-refractivity contribution < 1.29 is 9.59 Å². The molecule has 1 aliphatic carbocycles. The quantitative estimate of drug-likeness (QED) is 0.738. The Morgan fingerprint density at radius 2 is 1.88 bits per heavy atom. The first-order chi connectivity index (χ1) is 16.0. The molecule has 2 aromatic rings. The van der Waals surface area contributed by atoms with Gasteiger partial charge in [-0.1, -0.05) is 19.8 Å². The molecule has 0 spiro atoms. The van der Waals surface area contributed by atoms with Crippen LogP contribution in [-0.2, 0) is 11.2 Å². The van der Waals surface area contributed by atoms with Crippen LogP contribution in [0, 0.1) is 17.8 Å². The molecule has 2 atom stereocenters. The van der Waals surface area contributed by atoms with Crippen molar-refractivity contribution in [3.05, 3.63) is 30.1 Å². The van der Waals surface area contributed by atoms with Crippen LogP contribution in [0.15, 0.2) is 24.5 Å². The molecular weight excluding hydrogens is 414 g/mol. The van der Waals surface area contributed by atoms with Crippen LogP contribution in [0.4, 0.5) is 10.5 Å². The summed E-state index contributed by atoms with van der Waals surface area (Å²) in [4.78, 5) is 28.2. The normalized spacial score (nSPS) is 29.5. The number of urea groups is 1. The number of nitrogens with one attached hydrogen (secondary N) is 1. The lowest BCUT2D eigenvalue weighted by Crippen LogP contribution is -2.49. The first-order valence-electron chi connectivity index (χ1n) is 12.8. The van der Waals surface area contributed by atoms with Gasteiger partial charge >= 0.3 is 6.03 Å². The number of anilines is 1. The first kappa shape index (κ1) is 22.4. The Bertz CT molecular complexity index is 1010. The maximum Gasteiger partial charge on any atom is 0.328 e. The standard InChI is InChI=1S/C26H37N5O2/c1-18-3-5-20(6-4-18)17-29-10-7-21(13-19(29)2)14-22-8-12-31-23(15-22)24(16-27-31)30-11-9-25(32)28-26(30)33/h8,12,15-16,18-21H,3-7,9-11,13-14,17H2,1-2H3,(H,28,32,33)/t18-,19-,20-,21+/m0/s1. The molecule has 2 aromatic heterocycles. The number of rotatable bonds is 5. The number of amides is 3. The average Bonchev–Trinajstić information content (AvgIpc) is 3.20. The van der Waals surface area contributed by atoms with Crippen molar-refractivity contribution in [3.63, 3.8) is 0 Å². The van der Waals surface area contributed by atoms with Gasteiger partial charge in [0.05, 0.1) is 17.4 Å². The molecule has 7 heteroatoms. The van der Waals surface area contributed by atoms with Crippen molar-refractivity contribution in [3.8, 4) is 0 Å². The van der Waals surface area contributed by atoms with Crippen molar-refractivity contribution in [1.82, 2.24) is 19.8 Å². The number of aromatic nitrogens is 2. The molecule has 0 radical (unpaired) electrons. The number of nitrogens with zero attached hydrogens (tertiary/aromatic N) is 4. The predicted octanol–water partition coefficient (Wildman–Crippen LogP) is 4.25. The lowest BCUT2D eigenvalue weighted by atomic mass is 9.81. The number of imide groups is 1. The lowest BCUT2D eigenvalue weighted by molar-refractivity contribution is -0.120. The molecule has 2 aliphatic heterocycles. The molecule has 1 saturated carbocycles. The van der Waals surface area contributed by atoms with Gasteiger partial charge in [0.1, 0.15) is 0 Å². The largest absolute Gasteiger partial charge is 0.328 e. The van der Waals surface area contributed by atoms with E-state index < -0.39 is 0 Å². The van der Waals surface area contributed by atoms with Gasteiger partial charge in [0.2, 0.25) is 5.91 Å². The third kappa shape index (κ3) is 4.93. The highest BCUT2D eigenvalue weighted by Gasteiger charge is 2.29. The molecule has 0 unspecified atom stereocenters. The van der Waals surface area contributed by atoms with Crippen molar-refractivity contribution in [2.75, 3.05) is 24.5 Å². The summed E-state index contributed by atoms with van der Waals surface area (Å²) in [5.74, 6) is 2.29. The molecular formula is C26H37N5O2. The smallest absolute Gasteiger partial charge is 0.300 e. The second-order valence-electron chi connectivity index (χ2n) is 10.7. The van der Waals surface area contributed by atoms with E-state index in [9.17, 15) is 9.59 Å². The van der Waals surface area contributed by atoms with Crippen LogP contribution in [0.3, 0.4) is 0 Å². The number of pyridine rings is 1. The summed E-state index contributed by atoms with van der Waals surface area (Å²) in [6.07, 6.45) is 13.2. The van der Waals surface area contributed by atoms with Crippen LogP contribution in [0.25, 0.3) is 5.52 Å². The van der Waals surface area contributed by atoms with E-state index >= 15 is 0 Å². The van der Waals surface area contributed by atoms with Crippen LogP contribution in [0.5, 0.6) is 0 Å². The Morgan fingerprint density at radius 1 is 1.06 bits per heavy atom. The van der Waals surface area contributed by atoms with Gasteiger partial charge in [0.25, 0.3) is 0 Å². The van der Waals surface area contributed by atoms with E-state index in [1.54, 1.807) is 11.1 Å². The summed E-state index contributed by atoms with van der Waals surface area (Å²) >= 11 is 0. The Morgan fingerprint density at radius 3 is 2.64 bits per heavy atom. The summed E-state index contributed by atoms with van der Waals surface area (Å²) in [6.45, 7) is 7.70. The third-order valence-corrected chi connectivity index (χ3v) is 8.19. The molecule has 3 aliphatic rings. The summed E-state index contributed by atoms with van der Waals surface area (Å²) in [7, 11) is 0. The summed E-state index contributed by atoms with van der Waals surface area (Å²) in [5, 5.41) is 6.83. The summed E-state index contributed by atoms with van der Waals surface area (Å²) in [5.41, 5.74) is 2.99. The number of fused-ring (bicyclic) bond motifs is 1. The number of likely N-dealkylation sites (tertiary alicyclic amines) is 1. The fourth-order valence-electron chi connectivity index (χ4n) is 6.09. The molecule has 7 nitrogen and oxygen atoms in total. The molecule has 5 rings (SSSR count). The maximum atomic E-state index is 12.3. The molecule has 3 fully saturated rings. The number of hydrogen-bond donors (Lipinski definition) is 1. The van der Waals surface area contributed by atoms with Crippen LogP contribution in [0.1, 0.15) is 64.4 Å². The van der Waals surface area contributed by atoms with Crippen LogP contribution < -0.4 is 10.2 Å². The second kappa shape index (κ2) is 9.45. The number of piperidine rings is 1. The van der Waals surface area contributed by atoms with Gasteiger partial charge in [-0.15, -0.1) is 0 Å². The van der Waals surface area contributed by atoms with Crippen molar-refractivity contribution >= 4 is 23.1 Å². The van der Waals surface area contributed by atoms with E-state index in [1.165, 1.54) is 57.2 Å². The van der Waals surface area contributed by atoms with E-state index in [2.05, 4.69) is 41.3 Å². The SMILES string of the molecule is C[C@H]1C[C@H](Cc2ccn3ncc(N4CCC(=O)NC4=O)c3c2)CCN1C[C@H]1CC[C@H](C)CC1. The maximum absolute atomic E-state index is 12.3. The van der Waals surface area contributed by atoms with Crippen LogP contribution in [-0.4, -0.2) is 52.1 Å². The van der Waals surface area contributed by atoms with Gasteiger partial charge in [0.15, 0.2) is 0 Å². The zero-order chi connectivity index (χ0) is 22.9. The molecule has 0 bridgehead atoms. The Hall–Kier alpha value is -2.41. The predicted molar refractivity (Wildman–Crippen MR) is 129 cm³/mol. The zero-order valence-electron chi connectivity index (χ0n) is 20.0. The van der Waals surface area contributed by atoms with Crippen LogP contribution >= 0.6 is 0 Å². The van der Waals surface area contributed by atoms with Gasteiger partial charge in [-0.25, -0.2) is 9.31 Å². The topological polar surface area (TPSA) is 70.0 Å². The van der Waals surface area contributed by atoms with E-state index in [-0.39, 0.29) is 11.9 Å². The van der Waals surface area contributed by atoms with Gasteiger partial charge in [-0.05, 0) is 81.0 Å². The number of carbonyl (C=O) groups excluding carboxylic acids is 2.